The van der Waals surface area contributed by atoms with Crippen molar-refractivity contribution >= 4 is 22.8 Å². The van der Waals surface area contributed by atoms with E-state index in [2.05, 4.69) is 10.3 Å². The second kappa shape index (κ2) is 7.55. The van der Waals surface area contributed by atoms with Crippen molar-refractivity contribution in [2.75, 3.05) is 36.3 Å². The van der Waals surface area contributed by atoms with Crippen molar-refractivity contribution in [3.63, 3.8) is 0 Å². The zero-order valence-electron chi connectivity index (χ0n) is 16.5. The van der Waals surface area contributed by atoms with E-state index in [1.807, 2.05) is 4.90 Å². The van der Waals surface area contributed by atoms with Gasteiger partial charge in [-0.15, -0.1) is 0 Å². The van der Waals surface area contributed by atoms with Gasteiger partial charge in [-0.1, -0.05) is 6.07 Å². The van der Waals surface area contributed by atoms with Gasteiger partial charge in [0.1, 0.15) is 5.82 Å². The molecule has 2 aromatic heterocycles. The molecule has 0 bridgehead atoms. The summed E-state index contributed by atoms with van der Waals surface area (Å²) in [6.07, 6.45) is 0. The number of aromatic nitrogens is 4. The summed E-state index contributed by atoms with van der Waals surface area (Å²) in [5.74, 6) is -0.327. The Morgan fingerprint density at radius 3 is 2.60 bits per heavy atom. The predicted octanol–water partition coefficient (Wildman–Crippen LogP) is -0.276. The molecule has 0 radical (unpaired) electrons. The van der Waals surface area contributed by atoms with Gasteiger partial charge in [-0.3, -0.25) is 23.7 Å². The van der Waals surface area contributed by atoms with Crippen molar-refractivity contribution in [2.45, 2.75) is 6.54 Å². The fourth-order valence-electron chi connectivity index (χ4n) is 3.73. The molecule has 3 aromatic rings. The molecule has 0 amide bonds. The molecule has 30 heavy (non-hydrogen) atoms. The largest absolute Gasteiger partial charge is 0.733 e. The highest BCUT2D eigenvalue weighted by atomic mass is 19.1. The van der Waals surface area contributed by atoms with E-state index < -0.39 is 22.3 Å². The zero-order chi connectivity index (χ0) is 21.6. The van der Waals surface area contributed by atoms with Crippen LogP contribution in [0.3, 0.4) is 0 Å². The van der Waals surface area contributed by atoms with Gasteiger partial charge in [0.25, 0.3) is 5.56 Å². The molecule has 1 aliphatic rings. The molecule has 0 saturated carbocycles. The molecule has 1 aliphatic heterocycles. The second-order valence-electron chi connectivity index (χ2n) is 7.12. The molecule has 0 spiro atoms. The minimum absolute atomic E-state index is 0.0957. The second-order valence-corrected chi connectivity index (χ2v) is 7.12. The van der Waals surface area contributed by atoms with E-state index in [1.165, 1.54) is 41.4 Å². The molecule has 12 heteroatoms. The number of nitrogens with one attached hydrogen (secondary N) is 1. The van der Waals surface area contributed by atoms with Crippen molar-refractivity contribution in [2.24, 2.45) is 14.1 Å². The van der Waals surface area contributed by atoms with Crippen LogP contribution in [0.4, 0.5) is 16.0 Å². The molecule has 1 saturated heterocycles. The number of hydrogen-bond acceptors (Lipinski definition) is 8. The Kier molecular flexibility index (Phi) is 5.05. The molecule has 0 unspecified atom stereocenters. The molecule has 160 valence electrons. The fraction of sp³-hybridized carbons (Fsp3) is 0.389. The van der Waals surface area contributed by atoms with E-state index in [1.54, 1.807) is 0 Å². The summed E-state index contributed by atoms with van der Waals surface area (Å²) in [7, 11) is 2.86. The van der Waals surface area contributed by atoms with Crippen LogP contribution < -0.4 is 26.7 Å². The van der Waals surface area contributed by atoms with E-state index in [-0.39, 0.29) is 29.0 Å². The topological polar surface area (TPSA) is 124 Å². The highest BCUT2D eigenvalue weighted by Gasteiger charge is 2.25. The molecular formula is C18H21FN7O4-. The lowest BCUT2D eigenvalue weighted by Crippen LogP contribution is -2.44. The summed E-state index contributed by atoms with van der Waals surface area (Å²) < 4.78 is 18.3. The maximum atomic E-state index is 14.6. The Hall–Kier alpha value is -3.22. The van der Waals surface area contributed by atoms with E-state index in [0.29, 0.717) is 32.1 Å². The van der Waals surface area contributed by atoms with Crippen LogP contribution in [-0.2, 0) is 20.6 Å². The Balaban J connectivity index is 2.01. The van der Waals surface area contributed by atoms with Crippen LogP contribution in [0.25, 0.3) is 11.2 Å². The van der Waals surface area contributed by atoms with Crippen LogP contribution in [0.1, 0.15) is 5.56 Å². The van der Waals surface area contributed by atoms with E-state index >= 15 is 0 Å². The number of imidazole rings is 1. The Morgan fingerprint density at radius 1 is 1.23 bits per heavy atom. The van der Waals surface area contributed by atoms with Crippen molar-refractivity contribution in [1.29, 1.82) is 0 Å². The summed E-state index contributed by atoms with van der Waals surface area (Å²) in [5, 5.41) is 23.8. The molecule has 11 nitrogen and oxygen atoms in total. The van der Waals surface area contributed by atoms with Gasteiger partial charge >= 0.3 is 5.69 Å². The molecule has 3 heterocycles. The minimum atomic E-state index is -0.711. The van der Waals surface area contributed by atoms with Crippen LogP contribution in [0.5, 0.6) is 0 Å². The maximum absolute atomic E-state index is 14.6. The summed E-state index contributed by atoms with van der Waals surface area (Å²) in [4.78, 5) is 31.8. The Bertz CT molecular complexity index is 1220. The van der Waals surface area contributed by atoms with Crippen LogP contribution >= 0.6 is 0 Å². The lowest BCUT2D eigenvalue weighted by molar-refractivity contribution is 0.295. The van der Waals surface area contributed by atoms with Crippen molar-refractivity contribution < 1.29 is 9.60 Å². The SMILES string of the molecule is Cn1c(=O)c2c(nc(N3CCNCC3)n2Cc2c(F)cccc2N([O-])O)n(C)c1=O. The van der Waals surface area contributed by atoms with Crippen LogP contribution in [0.15, 0.2) is 27.8 Å². The van der Waals surface area contributed by atoms with Gasteiger partial charge in [-0.25, -0.2) is 9.18 Å². The first-order valence-corrected chi connectivity index (χ1v) is 9.36. The van der Waals surface area contributed by atoms with Crippen LogP contribution in [0.2, 0.25) is 0 Å². The van der Waals surface area contributed by atoms with Gasteiger partial charge in [0.05, 0.1) is 12.2 Å². The fourth-order valence-corrected chi connectivity index (χ4v) is 3.73. The molecular weight excluding hydrogens is 397 g/mol. The number of nitrogens with zero attached hydrogens (tertiary/aromatic N) is 6. The molecule has 4 rings (SSSR count). The first kappa shape index (κ1) is 20.1. The number of anilines is 2. The molecule has 1 fully saturated rings. The third-order valence-corrected chi connectivity index (χ3v) is 5.34. The third kappa shape index (κ3) is 3.14. The number of rotatable bonds is 4. The maximum Gasteiger partial charge on any atom is 0.332 e. The molecule has 1 aromatic carbocycles. The van der Waals surface area contributed by atoms with E-state index in [0.717, 1.165) is 4.57 Å². The summed E-state index contributed by atoms with van der Waals surface area (Å²) in [6, 6.07) is 3.75. The normalized spacial score (nSPS) is 14.5. The van der Waals surface area contributed by atoms with Gasteiger partial charge in [-0.2, -0.15) is 4.98 Å². The number of piperazine rings is 1. The lowest BCUT2D eigenvalue weighted by Gasteiger charge is -2.29. The highest BCUT2D eigenvalue weighted by molar-refractivity contribution is 5.75. The molecule has 2 N–H and O–H groups in total. The minimum Gasteiger partial charge on any atom is -0.733 e. The third-order valence-electron chi connectivity index (χ3n) is 5.34. The van der Waals surface area contributed by atoms with Gasteiger partial charge in [-0.05, 0) is 12.1 Å². The van der Waals surface area contributed by atoms with Crippen molar-refractivity contribution in [3.8, 4) is 0 Å². The van der Waals surface area contributed by atoms with Gasteiger partial charge in [0.15, 0.2) is 11.2 Å². The number of halogens is 1. The van der Waals surface area contributed by atoms with Crippen molar-refractivity contribution in [3.05, 3.63) is 55.6 Å². The van der Waals surface area contributed by atoms with Gasteiger partial charge < -0.3 is 20.7 Å². The van der Waals surface area contributed by atoms with Crippen molar-refractivity contribution in [1.82, 2.24) is 24.0 Å². The van der Waals surface area contributed by atoms with E-state index in [9.17, 15) is 24.4 Å². The van der Waals surface area contributed by atoms with Gasteiger partial charge in [0, 0.05) is 45.8 Å². The summed E-state index contributed by atoms with van der Waals surface area (Å²) in [6.45, 7) is 2.33. The number of benzene rings is 1. The quantitative estimate of drug-likeness (QED) is 0.555. The predicted molar refractivity (Wildman–Crippen MR) is 108 cm³/mol. The van der Waals surface area contributed by atoms with E-state index in [4.69, 9.17) is 0 Å². The summed E-state index contributed by atoms with van der Waals surface area (Å²) >= 11 is 0. The number of hydrogen-bond donors (Lipinski definition) is 2. The number of aryl methyl sites for hydroxylation is 1. The highest BCUT2D eigenvalue weighted by Crippen LogP contribution is 2.27. The molecule has 0 atom stereocenters. The Labute approximate surface area is 169 Å². The number of fused-ring (bicyclic) bond motifs is 1. The first-order chi connectivity index (χ1) is 14.3. The molecule has 0 aliphatic carbocycles. The zero-order valence-corrected chi connectivity index (χ0v) is 16.5. The van der Waals surface area contributed by atoms with Crippen LogP contribution in [0, 0.1) is 11.0 Å². The summed E-state index contributed by atoms with van der Waals surface area (Å²) in [5.41, 5.74) is -1.21. The van der Waals surface area contributed by atoms with Gasteiger partial charge in [0.2, 0.25) is 5.95 Å². The average Bonchev–Trinajstić information content (AvgIpc) is 3.12. The standard InChI is InChI=1S/C18H21FN7O4/c1-22-15-14(16(27)23(2)18(22)28)25(17(21-15)24-8-6-20-7-9-24)10-11-12(19)4-3-5-13(11)26(29)30/h3-5,20,29H,6-10H2,1-2H3/q-1. The lowest BCUT2D eigenvalue weighted by atomic mass is 10.1. The average molecular weight is 418 g/mol. The van der Waals surface area contributed by atoms with Crippen LogP contribution in [-0.4, -0.2) is 50.1 Å². The monoisotopic (exact) mass is 418 g/mol. The first-order valence-electron chi connectivity index (χ1n) is 9.36. The Morgan fingerprint density at radius 2 is 1.93 bits per heavy atom. The smallest absolute Gasteiger partial charge is 0.332 e.